The van der Waals surface area contributed by atoms with Gasteiger partial charge in [0.25, 0.3) is 11.8 Å². The lowest BCUT2D eigenvalue weighted by molar-refractivity contribution is -0.119. The molecule has 0 saturated heterocycles. The van der Waals surface area contributed by atoms with Crippen LogP contribution in [-0.2, 0) is 10.3 Å². The standard InChI is InChI=1S/C30H25Cl2FN4O4/c1-14(2)36-26-25(35-27(36)18-12-20(33)24(41-5)13-23(18)40-4)28(38)37(22-11-17(32)7-6-15(22)3)30(26)19-9-8-16(31)10-21(19)34-29(30)39/h6-14H,1-5H3,(H,34,39)/t30-/m0/s1. The van der Waals surface area contributed by atoms with Gasteiger partial charge >= 0.3 is 0 Å². The van der Waals surface area contributed by atoms with Crippen molar-refractivity contribution in [2.75, 3.05) is 24.4 Å². The third-order valence-electron chi connectivity index (χ3n) is 7.59. The number of rotatable bonds is 5. The highest BCUT2D eigenvalue weighted by atomic mass is 35.5. The second kappa shape index (κ2) is 9.49. The molecular formula is C30H25Cl2FN4O4. The number of carbonyl (C=O) groups excluding carboxylic acids is 2. The maximum absolute atomic E-state index is 15.0. The molecule has 0 fully saturated rings. The summed E-state index contributed by atoms with van der Waals surface area (Å²) >= 11 is 12.7. The minimum Gasteiger partial charge on any atom is -0.496 e. The van der Waals surface area contributed by atoms with Crippen molar-refractivity contribution in [1.29, 1.82) is 0 Å². The largest absolute Gasteiger partial charge is 0.496 e. The number of carbonyl (C=O) groups is 2. The van der Waals surface area contributed by atoms with Crippen molar-refractivity contribution in [3.05, 3.63) is 86.9 Å². The predicted octanol–water partition coefficient (Wildman–Crippen LogP) is 6.76. The fourth-order valence-corrected chi connectivity index (χ4v) is 6.20. The quantitative estimate of drug-likeness (QED) is 0.276. The zero-order chi connectivity index (χ0) is 29.4. The third-order valence-corrected chi connectivity index (χ3v) is 8.06. The van der Waals surface area contributed by atoms with E-state index in [0.29, 0.717) is 44.0 Å². The summed E-state index contributed by atoms with van der Waals surface area (Å²) < 4.78 is 27.6. The van der Waals surface area contributed by atoms with Crippen LogP contribution in [-0.4, -0.2) is 35.6 Å². The van der Waals surface area contributed by atoms with Gasteiger partial charge in [0.2, 0.25) is 0 Å². The van der Waals surface area contributed by atoms with Crippen molar-refractivity contribution in [1.82, 2.24) is 9.55 Å². The first-order valence-electron chi connectivity index (χ1n) is 12.8. The van der Waals surface area contributed by atoms with E-state index in [2.05, 4.69) is 5.32 Å². The van der Waals surface area contributed by atoms with Crippen LogP contribution in [0.5, 0.6) is 11.5 Å². The van der Waals surface area contributed by atoms with E-state index < -0.39 is 23.2 Å². The summed E-state index contributed by atoms with van der Waals surface area (Å²) in [7, 11) is 2.81. The van der Waals surface area contributed by atoms with Gasteiger partial charge < -0.3 is 19.4 Å². The number of imidazole rings is 1. The number of nitrogens with one attached hydrogen (secondary N) is 1. The summed E-state index contributed by atoms with van der Waals surface area (Å²) in [6.07, 6.45) is 0. The molecule has 1 aromatic heterocycles. The van der Waals surface area contributed by atoms with E-state index in [9.17, 15) is 9.59 Å². The third kappa shape index (κ3) is 3.68. The van der Waals surface area contributed by atoms with Crippen LogP contribution >= 0.6 is 23.2 Å². The zero-order valence-electron chi connectivity index (χ0n) is 22.8. The average Bonchev–Trinajstić information content (AvgIpc) is 3.54. The Bertz CT molecular complexity index is 1790. The molecule has 6 rings (SSSR count). The number of methoxy groups -OCH3 is 2. The number of aromatic nitrogens is 2. The number of halogens is 3. The van der Waals surface area contributed by atoms with Gasteiger partial charge in [0.15, 0.2) is 22.8 Å². The van der Waals surface area contributed by atoms with Gasteiger partial charge in [-0.05, 0) is 56.7 Å². The molecule has 41 heavy (non-hydrogen) atoms. The fraction of sp³-hybridized carbons (Fsp3) is 0.233. The van der Waals surface area contributed by atoms with Gasteiger partial charge in [-0.1, -0.05) is 35.3 Å². The van der Waals surface area contributed by atoms with E-state index in [4.69, 9.17) is 37.7 Å². The van der Waals surface area contributed by atoms with E-state index in [1.807, 2.05) is 20.8 Å². The summed E-state index contributed by atoms with van der Waals surface area (Å²) in [5, 5.41) is 3.76. The molecule has 8 nitrogen and oxygen atoms in total. The van der Waals surface area contributed by atoms with Crippen molar-refractivity contribution in [2.45, 2.75) is 32.4 Å². The summed E-state index contributed by atoms with van der Waals surface area (Å²) in [4.78, 5) is 35.0. The van der Waals surface area contributed by atoms with Crippen molar-refractivity contribution < 1.29 is 23.5 Å². The van der Waals surface area contributed by atoms with E-state index in [1.165, 1.54) is 31.3 Å². The maximum atomic E-state index is 15.0. The van der Waals surface area contributed by atoms with Crippen LogP contribution in [0.4, 0.5) is 15.8 Å². The van der Waals surface area contributed by atoms with Crippen LogP contribution in [0.1, 0.15) is 47.2 Å². The summed E-state index contributed by atoms with van der Waals surface area (Å²) in [5.74, 6) is -1.02. The van der Waals surface area contributed by atoms with Gasteiger partial charge in [0.1, 0.15) is 11.6 Å². The van der Waals surface area contributed by atoms with E-state index in [-0.39, 0.29) is 23.3 Å². The number of amides is 2. The summed E-state index contributed by atoms with van der Waals surface area (Å²) in [5.41, 5.74) is 1.25. The first-order valence-corrected chi connectivity index (χ1v) is 13.6. The first kappa shape index (κ1) is 27.1. The van der Waals surface area contributed by atoms with E-state index >= 15 is 4.39 Å². The molecule has 0 aliphatic carbocycles. The molecule has 0 radical (unpaired) electrons. The molecule has 0 unspecified atom stereocenters. The molecule has 0 bridgehead atoms. The van der Waals surface area contributed by atoms with Gasteiger partial charge in [0, 0.05) is 33.4 Å². The monoisotopic (exact) mass is 594 g/mol. The highest BCUT2D eigenvalue weighted by Crippen LogP contribution is 2.55. The van der Waals surface area contributed by atoms with Gasteiger partial charge in [0.05, 0.1) is 31.2 Å². The van der Waals surface area contributed by atoms with E-state index in [1.54, 1.807) is 41.0 Å². The minimum absolute atomic E-state index is 0.00285. The molecule has 3 heterocycles. The Labute approximate surface area is 245 Å². The molecule has 4 aromatic rings. The lowest BCUT2D eigenvalue weighted by Gasteiger charge is -2.36. The number of nitrogens with zero attached hydrogens (tertiary/aromatic N) is 3. The number of anilines is 2. The zero-order valence-corrected chi connectivity index (χ0v) is 24.3. The Morgan fingerprint density at radius 2 is 1.66 bits per heavy atom. The van der Waals surface area contributed by atoms with Gasteiger partial charge in [-0.15, -0.1) is 0 Å². The van der Waals surface area contributed by atoms with Gasteiger partial charge in [-0.25, -0.2) is 9.37 Å². The molecule has 1 N–H and O–H groups in total. The fourth-order valence-electron chi connectivity index (χ4n) is 5.86. The summed E-state index contributed by atoms with van der Waals surface area (Å²) in [6.45, 7) is 5.64. The predicted molar refractivity (Wildman–Crippen MR) is 155 cm³/mol. The number of ether oxygens (including phenoxy) is 2. The Morgan fingerprint density at radius 3 is 2.34 bits per heavy atom. The second-order valence-corrected chi connectivity index (χ2v) is 11.1. The van der Waals surface area contributed by atoms with Crippen molar-refractivity contribution in [2.24, 2.45) is 0 Å². The normalized spacial score (nSPS) is 17.3. The van der Waals surface area contributed by atoms with Crippen LogP contribution in [0.15, 0.2) is 48.5 Å². The molecule has 2 aliphatic rings. The van der Waals surface area contributed by atoms with Crippen LogP contribution in [0.2, 0.25) is 10.0 Å². The molecule has 210 valence electrons. The Hall–Kier alpha value is -4.08. The lowest BCUT2D eigenvalue weighted by Crippen LogP contribution is -2.51. The molecule has 2 aliphatic heterocycles. The lowest BCUT2D eigenvalue weighted by atomic mass is 9.86. The number of aryl methyl sites for hydroxylation is 1. The smallest absolute Gasteiger partial charge is 0.280 e. The maximum Gasteiger partial charge on any atom is 0.280 e. The van der Waals surface area contributed by atoms with E-state index in [0.717, 1.165) is 5.56 Å². The molecule has 0 saturated carbocycles. The van der Waals surface area contributed by atoms with Gasteiger partial charge in [-0.2, -0.15) is 0 Å². The Balaban J connectivity index is 1.74. The van der Waals surface area contributed by atoms with Crippen molar-refractivity contribution >= 4 is 46.4 Å². The molecule has 1 spiro atoms. The molecule has 1 atom stereocenters. The van der Waals surface area contributed by atoms with Crippen LogP contribution in [0.25, 0.3) is 11.4 Å². The number of benzene rings is 3. The van der Waals surface area contributed by atoms with Crippen molar-refractivity contribution in [3.63, 3.8) is 0 Å². The molecule has 11 heteroatoms. The SMILES string of the molecule is COc1cc(OC)c(-c2nc3c(n2C(C)C)[C@@]2(C(=O)Nc4cc(Cl)ccc42)N(c2cc(Cl)ccc2C)C3=O)cc1F. The number of fused-ring (bicyclic) bond motifs is 4. The highest BCUT2D eigenvalue weighted by molar-refractivity contribution is 6.32. The summed E-state index contributed by atoms with van der Waals surface area (Å²) in [6, 6.07) is 12.6. The number of hydrogen-bond acceptors (Lipinski definition) is 5. The second-order valence-electron chi connectivity index (χ2n) is 10.2. The van der Waals surface area contributed by atoms with Crippen LogP contribution in [0.3, 0.4) is 0 Å². The highest BCUT2D eigenvalue weighted by Gasteiger charge is 2.64. The average molecular weight is 595 g/mol. The Kier molecular flexibility index (Phi) is 6.28. The molecule has 2 amide bonds. The Morgan fingerprint density at radius 1 is 0.976 bits per heavy atom. The topological polar surface area (TPSA) is 85.7 Å². The minimum atomic E-state index is -1.66. The van der Waals surface area contributed by atoms with Gasteiger partial charge in [-0.3, -0.25) is 14.5 Å². The van der Waals surface area contributed by atoms with Crippen LogP contribution < -0.4 is 19.7 Å². The van der Waals surface area contributed by atoms with Crippen molar-refractivity contribution in [3.8, 4) is 22.9 Å². The first-order chi connectivity index (χ1) is 19.5. The number of hydrogen-bond donors (Lipinski definition) is 1. The molecule has 3 aromatic carbocycles. The molecular weight excluding hydrogens is 570 g/mol. The van der Waals surface area contributed by atoms with Crippen LogP contribution in [0, 0.1) is 12.7 Å².